The highest BCUT2D eigenvalue weighted by molar-refractivity contribution is 6.05. The van der Waals surface area contributed by atoms with Crippen molar-refractivity contribution in [2.24, 2.45) is 7.05 Å². The van der Waals surface area contributed by atoms with Gasteiger partial charge in [0.2, 0.25) is 0 Å². The Morgan fingerprint density at radius 1 is 1.05 bits per heavy atom. The fraction of sp³-hybridized carbons (Fsp3) is 0.200. The molecule has 0 aliphatic heterocycles. The molecular formula is C30H28N6O2. The highest BCUT2D eigenvalue weighted by Gasteiger charge is 2.27. The van der Waals surface area contributed by atoms with Crippen molar-refractivity contribution in [1.29, 1.82) is 0 Å². The van der Waals surface area contributed by atoms with Gasteiger partial charge in [-0.2, -0.15) is 0 Å². The number of rotatable bonds is 6. The maximum absolute atomic E-state index is 13.5. The smallest absolute Gasteiger partial charge is 0.263 e. The summed E-state index contributed by atoms with van der Waals surface area (Å²) in [5.41, 5.74) is 11.2. The molecule has 0 spiro atoms. The highest BCUT2D eigenvalue weighted by atomic mass is 16.2. The van der Waals surface area contributed by atoms with E-state index >= 15 is 0 Å². The molecule has 1 amide bonds. The van der Waals surface area contributed by atoms with E-state index in [0.29, 0.717) is 17.4 Å². The second kappa shape index (κ2) is 9.30. The Hall–Kier alpha value is -4.72. The second-order valence-corrected chi connectivity index (χ2v) is 9.90. The third-order valence-electron chi connectivity index (χ3n) is 7.29. The number of carbonyl (C=O) groups excluding carboxylic acids is 1. The first kappa shape index (κ1) is 23.7. The Kier molecular flexibility index (Phi) is 5.79. The zero-order chi connectivity index (χ0) is 26.4. The van der Waals surface area contributed by atoms with Gasteiger partial charge in [0.25, 0.3) is 11.5 Å². The van der Waals surface area contributed by atoms with Gasteiger partial charge in [-0.15, -0.1) is 0 Å². The number of carbonyl (C=O) groups is 1. The van der Waals surface area contributed by atoms with Gasteiger partial charge in [-0.05, 0) is 60.6 Å². The molecule has 0 unspecified atom stereocenters. The lowest BCUT2D eigenvalue weighted by atomic mass is 10.0. The molecule has 8 nitrogen and oxygen atoms in total. The SMILES string of the molecule is C[C@@H](c1ccccc1)n1cc(C2CC2)cc(C(=O)Nc2ccc(-c3cn(C)c4ncnc(N)c34)cc2)c1=O. The van der Waals surface area contributed by atoms with E-state index in [1.807, 2.05) is 85.5 Å². The van der Waals surface area contributed by atoms with Gasteiger partial charge in [0.15, 0.2) is 0 Å². The van der Waals surface area contributed by atoms with Gasteiger partial charge >= 0.3 is 0 Å². The molecule has 1 aliphatic rings. The molecule has 1 aliphatic carbocycles. The molecule has 3 heterocycles. The Morgan fingerprint density at radius 3 is 2.50 bits per heavy atom. The molecule has 1 atom stereocenters. The van der Waals surface area contributed by atoms with Crippen LogP contribution in [-0.2, 0) is 7.05 Å². The van der Waals surface area contributed by atoms with Crippen LogP contribution in [0.2, 0.25) is 0 Å². The van der Waals surface area contributed by atoms with E-state index in [-0.39, 0.29) is 17.2 Å². The van der Waals surface area contributed by atoms with Gasteiger partial charge in [-0.25, -0.2) is 9.97 Å². The maximum atomic E-state index is 13.5. The summed E-state index contributed by atoms with van der Waals surface area (Å²) in [6.45, 7) is 1.99. The molecule has 38 heavy (non-hydrogen) atoms. The lowest BCUT2D eigenvalue weighted by molar-refractivity contribution is 0.102. The van der Waals surface area contributed by atoms with E-state index in [0.717, 1.165) is 46.1 Å². The van der Waals surface area contributed by atoms with Crippen molar-refractivity contribution in [3.05, 3.63) is 106 Å². The molecule has 8 heteroatoms. The van der Waals surface area contributed by atoms with E-state index in [1.165, 1.54) is 6.33 Å². The number of nitrogens with zero attached hydrogens (tertiary/aromatic N) is 4. The second-order valence-electron chi connectivity index (χ2n) is 9.90. The van der Waals surface area contributed by atoms with E-state index in [4.69, 9.17) is 5.73 Å². The number of nitrogens with two attached hydrogens (primary N) is 1. The van der Waals surface area contributed by atoms with Crippen molar-refractivity contribution in [2.75, 3.05) is 11.1 Å². The van der Waals surface area contributed by atoms with Gasteiger partial charge < -0.3 is 20.2 Å². The monoisotopic (exact) mass is 504 g/mol. The number of benzene rings is 2. The molecule has 6 rings (SSSR count). The number of hydrogen-bond acceptors (Lipinski definition) is 5. The van der Waals surface area contributed by atoms with Gasteiger partial charge in [-0.3, -0.25) is 9.59 Å². The lowest BCUT2D eigenvalue weighted by Gasteiger charge is -2.18. The highest BCUT2D eigenvalue weighted by Crippen LogP contribution is 2.40. The molecule has 2 aromatic carbocycles. The predicted octanol–water partition coefficient (Wildman–Crippen LogP) is 5.12. The fourth-order valence-electron chi connectivity index (χ4n) is 4.99. The zero-order valence-electron chi connectivity index (χ0n) is 21.3. The van der Waals surface area contributed by atoms with Crippen LogP contribution in [0.3, 0.4) is 0 Å². The van der Waals surface area contributed by atoms with E-state index in [1.54, 1.807) is 10.6 Å². The minimum absolute atomic E-state index is 0.153. The summed E-state index contributed by atoms with van der Waals surface area (Å²) in [6.07, 6.45) is 7.48. The van der Waals surface area contributed by atoms with Crippen LogP contribution in [0, 0.1) is 0 Å². The summed E-state index contributed by atoms with van der Waals surface area (Å²) < 4.78 is 3.60. The van der Waals surface area contributed by atoms with E-state index < -0.39 is 5.91 Å². The Balaban J connectivity index is 1.30. The molecule has 1 saturated carbocycles. The number of hydrogen-bond donors (Lipinski definition) is 2. The predicted molar refractivity (Wildman–Crippen MR) is 149 cm³/mol. The van der Waals surface area contributed by atoms with Gasteiger partial charge in [0.05, 0.1) is 11.4 Å². The summed E-state index contributed by atoms with van der Waals surface area (Å²) >= 11 is 0. The Morgan fingerprint density at radius 2 is 1.79 bits per heavy atom. The topological polar surface area (TPSA) is 108 Å². The number of anilines is 2. The molecule has 3 N–H and O–H groups in total. The van der Waals surface area contributed by atoms with Crippen molar-refractivity contribution in [3.8, 4) is 11.1 Å². The fourth-order valence-corrected chi connectivity index (χ4v) is 4.99. The summed E-state index contributed by atoms with van der Waals surface area (Å²) in [7, 11) is 1.91. The normalized spacial score (nSPS) is 13.9. The van der Waals surface area contributed by atoms with Crippen LogP contribution >= 0.6 is 0 Å². The van der Waals surface area contributed by atoms with E-state index in [9.17, 15) is 9.59 Å². The summed E-state index contributed by atoms with van der Waals surface area (Å²) in [4.78, 5) is 35.3. The number of nitrogens with one attached hydrogen (secondary N) is 1. The standard InChI is InChI=1S/C30H28N6O2/c1-18(19-6-4-3-5-7-19)36-15-22(20-8-9-20)14-24(30(36)38)29(37)34-23-12-10-21(11-13-23)25-16-35(2)28-26(25)27(31)32-17-33-28/h3-7,10-18,20H,8-9H2,1-2H3,(H,34,37)(H2,31,32,33)/t18-/m0/s1. The van der Waals surface area contributed by atoms with Crippen LogP contribution in [0.25, 0.3) is 22.2 Å². The molecule has 3 aromatic heterocycles. The molecule has 0 saturated heterocycles. The lowest BCUT2D eigenvalue weighted by Crippen LogP contribution is -2.31. The summed E-state index contributed by atoms with van der Waals surface area (Å²) in [5.74, 6) is 0.398. The number of amides is 1. The number of fused-ring (bicyclic) bond motifs is 1. The molecule has 5 aromatic rings. The van der Waals surface area contributed by atoms with Gasteiger partial charge in [-0.1, -0.05) is 42.5 Å². The maximum Gasteiger partial charge on any atom is 0.263 e. The number of aryl methyl sites for hydroxylation is 1. The largest absolute Gasteiger partial charge is 0.383 e. The molecule has 0 bridgehead atoms. The summed E-state index contributed by atoms with van der Waals surface area (Å²) in [5, 5.41) is 3.71. The minimum Gasteiger partial charge on any atom is -0.383 e. The van der Waals surface area contributed by atoms with Crippen LogP contribution in [0.1, 0.15) is 53.2 Å². The average Bonchev–Trinajstić information content (AvgIpc) is 3.73. The number of pyridine rings is 1. The van der Waals surface area contributed by atoms with Crippen molar-refractivity contribution >= 4 is 28.4 Å². The van der Waals surface area contributed by atoms with Gasteiger partial charge in [0, 0.05) is 30.7 Å². The first-order valence-corrected chi connectivity index (χ1v) is 12.7. The zero-order valence-corrected chi connectivity index (χ0v) is 21.3. The molecular weight excluding hydrogens is 476 g/mol. The number of aromatic nitrogens is 4. The quantitative estimate of drug-likeness (QED) is 0.334. The first-order valence-electron chi connectivity index (χ1n) is 12.7. The third-order valence-corrected chi connectivity index (χ3v) is 7.29. The van der Waals surface area contributed by atoms with Gasteiger partial charge in [0.1, 0.15) is 23.4 Å². The van der Waals surface area contributed by atoms with Crippen molar-refractivity contribution < 1.29 is 4.79 Å². The third kappa shape index (κ3) is 4.24. The van der Waals surface area contributed by atoms with Crippen molar-refractivity contribution in [2.45, 2.75) is 31.7 Å². The number of nitrogen functional groups attached to an aromatic ring is 1. The Bertz CT molecular complexity index is 1720. The molecule has 1 fully saturated rings. The van der Waals surface area contributed by atoms with Crippen molar-refractivity contribution in [1.82, 2.24) is 19.1 Å². The van der Waals surface area contributed by atoms with Crippen LogP contribution < -0.4 is 16.6 Å². The first-order chi connectivity index (χ1) is 18.4. The minimum atomic E-state index is -0.415. The van der Waals surface area contributed by atoms with Crippen LogP contribution in [0.15, 0.2) is 84.2 Å². The molecule has 190 valence electrons. The van der Waals surface area contributed by atoms with E-state index in [2.05, 4.69) is 15.3 Å². The van der Waals surface area contributed by atoms with Crippen LogP contribution in [0.5, 0.6) is 0 Å². The van der Waals surface area contributed by atoms with Crippen molar-refractivity contribution in [3.63, 3.8) is 0 Å². The van der Waals surface area contributed by atoms with Crippen LogP contribution in [-0.4, -0.2) is 25.0 Å². The average molecular weight is 505 g/mol. The summed E-state index contributed by atoms with van der Waals surface area (Å²) in [6, 6.07) is 18.9. The van der Waals surface area contributed by atoms with Crippen LogP contribution in [0.4, 0.5) is 11.5 Å². The molecule has 0 radical (unpaired) electrons. The Labute approximate surface area is 219 Å².